The first-order chi connectivity index (χ1) is 9.72. The quantitative estimate of drug-likeness (QED) is 0.639. The summed E-state index contributed by atoms with van der Waals surface area (Å²) >= 11 is 0. The number of carbonyl (C=O) groups is 1. The number of amides is 1. The Morgan fingerprint density at radius 3 is 2.95 bits per heavy atom. The molecule has 4 nitrogen and oxygen atoms in total. The molecule has 0 aliphatic heterocycles. The summed E-state index contributed by atoms with van der Waals surface area (Å²) in [7, 11) is 0. The predicted octanol–water partition coefficient (Wildman–Crippen LogP) is 2.20. The van der Waals surface area contributed by atoms with E-state index in [2.05, 4.69) is 5.32 Å². The Labute approximate surface area is 119 Å². The number of hydrogen-bond acceptors (Lipinski definition) is 3. The minimum Gasteiger partial charge on any atom is -0.492 e. The molecule has 0 heterocycles. The molecule has 1 aromatic rings. The van der Waals surface area contributed by atoms with E-state index in [1.165, 1.54) is 19.3 Å². The van der Waals surface area contributed by atoms with E-state index in [0.717, 1.165) is 18.1 Å². The molecule has 3 N–H and O–H groups in total. The van der Waals surface area contributed by atoms with Crippen molar-refractivity contribution in [2.45, 2.75) is 25.7 Å². The van der Waals surface area contributed by atoms with Gasteiger partial charge in [-0.2, -0.15) is 0 Å². The van der Waals surface area contributed by atoms with E-state index in [9.17, 15) is 4.79 Å². The molecule has 3 unspecified atom stereocenters. The van der Waals surface area contributed by atoms with Crippen molar-refractivity contribution in [2.75, 3.05) is 18.9 Å². The summed E-state index contributed by atoms with van der Waals surface area (Å²) in [6.45, 7) is 1.04. The van der Waals surface area contributed by atoms with Gasteiger partial charge in [-0.25, -0.2) is 0 Å². The van der Waals surface area contributed by atoms with Crippen molar-refractivity contribution in [3.8, 4) is 5.75 Å². The molecule has 0 aromatic heterocycles. The molecule has 20 heavy (non-hydrogen) atoms. The number of anilines is 1. The van der Waals surface area contributed by atoms with Crippen molar-refractivity contribution in [1.29, 1.82) is 0 Å². The molecule has 3 atom stereocenters. The molecule has 2 saturated carbocycles. The van der Waals surface area contributed by atoms with E-state index in [-0.39, 0.29) is 11.8 Å². The average molecular weight is 274 g/mol. The van der Waals surface area contributed by atoms with E-state index in [1.54, 1.807) is 6.07 Å². The van der Waals surface area contributed by atoms with Crippen LogP contribution in [0.2, 0.25) is 0 Å². The lowest BCUT2D eigenvalue weighted by Gasteiger charge is -2.20. The fourth-order valence-electron chi connectivity index (χ4n) is 3.64. The van der Waals surface area contributed by atoms with Gasteiger partial charge in [0.15, 0.2) is 0 Å². The molecular weight excluding hydrogens is 252 g/mol. The molecule has 0 saturated heterocycles. The number of ether oxygens (including phenoxy) is 1. The lowest BCUT2D eigenvalue weighted by molar-refractivity contribution is -0.126. The third-order valence-electron chi connectivity index (χ3n) is 4.60. The lowest BCUT2D eigenvalue weighted by Crippen LogP contribution is -2.36. The van der Waals surface area contributed by atoms with Crippen LogP contribution in [0.3, 0.4) is 0 Å². The summed E-state index contributed by atoms with van der Waals surface area (Å²) in [5.74, 6) is 2.66. The SMILES string of the molecule is Nc1cccc(OCCNC(=O)C2CC3CCC2C3)c1. The molecule has 1 amide bonds. The number of hydrogen-bond donors (Lipinski definition) is 2. The Balaban J connectivity index is 1.38. The Morgan fingerprint density at radius 2 is 2.25 bits per heavy atom. The summed E-state index contributed by atoms with van der Waals surface area (Å²) in [6.07, 6.45) is 4.92. The van der Waals surface area contributed by atoms with E-state index < -0.39 is 0 Å². The van der Waals surface area contributed by atoms with Crippen LogP contribution in [0.15, 0.2) is 24.3 Å². The smallest absolute Gasteiger partial charge is 0.223 e. The highest BCUT2D eigenvalue weighted by atomic mass is 16.5. The largest absolute Gasteiger partial charge is 0.492 e. The topological polar surface area (TPSA) is 64.3 Å². The number of benzene rings is 1. The van der Waals surface area contributed by atoms with Gasteiger partial charge in [0, 0.05) is 17.7 Å². The number of nitrogen functional groups attached to an aromatic ring is 1. The van der Waals surface area contributed by atoms with Gasteiger partial charge in [-0.15, -0.1) is 0 Å². The van der Waals surface area contributed by atoms with Crippen molar-refractivity contribution in [1.82, 2.24) is 5.32 Å². The van der Waals surface area contributed by atoms with Crippen LogP contribution in [-0.2, 0) is 4.79 Å². The zero-order valence-corrected chi connectivity index (χ0v) is 11.7. The third-order valence-corrected chi connectivity index (χ3v) is 4.60. The number of nitrogens with one attached hydrogen (secondary N) is 1. The summed E-state index contributed by atoms with van der Waals surface area (Å²) in [5.41, 5.74) is 6.37. The van der Waals surface area contributed by atoms with Crippen LogP contribution in [0, 0.1) is 17.8 Å². The van der Waals surface area contributed by atoms with Crippen molar-refractivity contribution in [3.63, 3.8) is 0 Å². The van der Waals surface area contributed by atoms with Gasteiger partial charge in [0.2, 0.25) is 5.91 Å². The van der Waals surface area contributed by atoms with Gasteiger partial charge in [-0.3, -0.25) is 4.79 Å². The van der Waals surface area contributed by atoms with Gasteiger partial charge in [0.1, 0.15) is 12.4 Å². The Morgan fingerprint density at radius 1 is 1.35 bits per heavy atom. The van der Waals surface area contributed by atoms with Crippen LogP contribution in [-0.4, -0.2) is 19.1 Å². The first-order valence-electron chi connectivity index (χ1n) is 7.48. The first kappa shape index (κ1) is 13.3. The Kier molecular flexibility index (Phi) is 3.81. The fourth-order valence-corrected chi connectivity index (χ4v) is 3.64. The summed E-state index contributed by atoms with van der Waals surface area (Å²) in [5, 5.41) is 3.00. The second-order valence-corrected chi connectivity index (χ2v) is 5.99. The molecular formula is C16H22N2O2. The van der Waals surface area contributed by atoms with Crippen molar-refractivity contribution in [2.24, 2.45) is 17.8 Å². The van der Waals surface area contributed by atoms with Crippen molar-refractivity contribution in [3.05, 3.63) is 24.3 Å². The summed E-state index contributed by atoms with van der Waals surface area (Å²) in [4.78, 5) is 12.1. The summed E-state index contributed by atoms with van der Waals surface area (Å²) < 4.78 is 5.57. The molecule has 2 bridgehead atoms. The van der Waals surface area contributed by atoms with Crippen LogP contribution < -0.4 is 15.8 Å². The standard InChI is InChI=1S/C16H22N2O2/c17-13-2-1-3-14(10-13)20-7-6-18-16(19)15-9-11-4-5-12(15)8-11/h1-3,10-12,15H,4-9,17H2,(H,18,19). The summed E-state index contributed by atoms with van der Waals surface area (Å²) in [6, 6.07) is 7.34. The van der Waals surface area contributed by atoms with Crippen molar-refractivity contribution < 1.29 is 9.53 Å². The lowest BCUT2D eigenvalue weighted by atomic mass is 9.88. The molecule has 0 spiro atoms. The maximum atomic E-state index is 12.1. The number of nitrogens with two attached hydrogens (primary N) is 1. The molecule has 0 radical (unpaired) electrons. The van der Waals surface area contributed by atoms with E-state index in [0.29, 0.717) is 24.8 Å². The molecule has 4 heteroatoms. The van der Waals surface area contributed by atoms with Gasteiger partial charge in [0.25, 0.3) is 0 Å². The molecule has 108 valence electrons. The predicted molar refractivity (Wildman–Crippen MR) is 78.3 cm³/mol. The Bertz CT molecular complexity index is 489. The van der Waals surface area contributed by atoms with Crippen LogP contribution >= 0.6 is 0 Å². The number of rotatable bonds is 5. The second-order valence-electron chi connectivity index (χ2n) is 5.99. The molecule has 2 aliphatic carbocycles. The monoisotopic (exact) mass is 274 g/mol. The maximum Gasteiger partial charge on any atom is 0.223 e. The van der Waals surface area contributed by atoms with Gasteiger partial charge in [-0.1, -0.05) is 12.5 Å². The zero-order valence-electron chi connectivity index (χ0n) is 11.7. The Hall–Kier alpha value is -1.71. The molecule has 2 aliphatic rings. The number of fused-ring (bicyclic) bond motifs is 2. The molecule has 1 aromatic carbocycles. The average Bonchev–Trinajstić information content (AvgIpc) is 3.06. The first-order valence-corrected chi connectivity index (χ1v) is 7.48. The van der Waals surface area contributed by atoms with Gasteiger partial charge < -0.3 is 15.8 Å². The third kappa shape index (κ3) is 2.89. The minimum atomic E-state index is 0.216. The van der Waals surface area contributed by atoms with Crippen LogP contribution in [0.25, 0.3) is 0 Å². The van der Waals surface area contributed by atoms with Gasteiger partial charge >= 0.3 is 0 Å². The van der Waals surface area contributed by atoms with Gasteiger partial charge in [0.05, 0.1) is 6.54 Å². The van der Waals surface area contributed by atoms with Crippen LogP contribution in [0.1, 0.15) is 25.7 Å². The number of carbonyl (C=O) groups excluding carboxylic acids is 1. The normalized spacial score (nSPS) is 27.5. The highest BCUT2D eigenvalue weighted by Gasteiger charge is 2.42. The van der Waals surface area contributed by atoms with E-state index in [1.807, 2.05) is 18.2 Å². The van der Waals surface area contributed by atoms with E-state index in [4.69, 9.17) is 10.5 Å². The maximum absolute atomic E-state index is 12.1. The molecule has 2 fully saturated rings. The highest BCUT2D eigenvalue weighted by Crippen LogP contribution is 2.48. The minimum absolute atomic E-state index is 0.216. The van der Waals surface area contributed by atoms with Gasteiger partial charge in [-0.05, 0) is 43.2 Å². The highest BCUT2D eigenvalue weighted by molar-refractivity contribution is 5.79. The zero-order chi connectivity index (χ0) is 13.9. The van der Waals surface area contributed by atoms with E-state index >= 15 is 0 Å². The van der Waals surface area contributed by atoms with Crippen LogP contribution in [0.4, 0.5) is 5.69 Å². The van der Waals surface area contributed by atoms with Crippen LogP contribution in [0.5, 0.6) is 5.75 Å². The molecule has 3 rings (SSSR count). The van der Waals surface area contributed by atoms with Crippen molar-refractivity contribution >= 4 is 11.6 Å². The fraction of sp³-hybridized carbons (Fsp3) is 0.562. The second kappa shape index (κ2) is 5.73.